The molecular weight excluding hydrogens is 437 g/mol. The summed E-state index contributed by atoms with van der Waals surface area (Å²) in [6.07, 6.45) is -4.27. The molecule has 33 heavy (non-hydrogen) atoms. The number of carbonyl (C=O) groups excluding carboxylic acids is 2. The van der Waals surface area contributed by atoms with E-state index in [-0.39, 0.29) is 29.3 Å². The highest BCUT2D eigenvalue weighted by atomic mass is 19.4. The Bertz CT molecular complexity index is 1300. The number of rotatable bonds is 4. The molecule has 7 nitrogen and oxygen atoms in total. The van der Waals surface area contributed by atoms with E-state index in [2.05, 4.69) is 16.0 Å². The van der Waals surface area contributed by atoms with Gasteiger partial charge >= 0.3 is 6.18 Å². The van der Waals surface area contributed by atoms with E-state index in [1.165, 1.54) is 22.9 Å². The van der Waals surface area contributed by atoms with E-state index in [0.717, 1.165) is 6.07 Å². The molecule has 2 atom stereocenters. The third kappa shape index (κ3) is 4.33. The van der Waals surface area contributed by atoms with Gasteiger partial charge in [0.2, 0.25) is 5.91 Å². The Morgan fingerprint density at radius 2 is 1.67 bits per heavy atom. The molecule has 0 spiro atoms. The van der Waals surface area contributed by atoms with Gasteiger partial charge in [-0.15, -0.1) is 0 Å². The maximum absolute atomic E-state index is 13.3. The number of carbonyl (C=O) groups is 2. The molecule has 0 aliphatic heterocycles. The Balaban J connectivity index is 1.50. The SMILES string of the molecule is CC(C)n1nc(C(=O)NNC(=O)C2CC2c2ccccc2C(F)(F)F)c2ccccc2c1=O. The fourth-order valence-corrected chi connectivity index (χ4v) is 3.90. The lowest BCUT2D eigenvalue weighted by molar-refractivity contribution is -0.138. The predicted octanol–water partition coefficient (Wildman–Crippen LogP) is 3.56. The number of fused-ring (bicyclic) bond motifs is 1. The zero-order valence-corrected chi connectivity index (χ0v) is 17.8. The number of alkyl halides is 3. The molecule has 2 aromatic carbocycles. The van der Waals surface area contributed by atoms with E-state index >= 15 is 0 Å². The Kier molecular flexibility index (Phi) is 5.69. The number of halogens is 3. The number of benzene rings is 2. The minimum atomic E-state index is -4.51. The first-order chi connectivity index (χ1) is 15.6. The molecule has 1 heterocycles. The second kappa shape index (κ2) is 8.34. The van der Waals surface area contributed by atoms with Crippen LogP contribution in [-0.2, 0) is 11.0 Å². The minimum Gasteiger partial charge on any atom is -0.273 e. The molecule has 2 unspecified atom stereocenters. The lowest BCUT2D eigenvalue weighted by Crippen LogP contribution is -2.43. The molecule has 1 saturated carbocycles. The zero-order chi connectivity index (χ0) is 23.9. The first kappa shape index (κ1) is 22.5. The van der Waals surface area contributed by atoms with Crippen molar-refractivity contribution in [2.75, 3.05) is 0 Å². The van der Waals surface area contributed by atoms with Crippen LogP contribution in [0.25, 0.3) is 10.8 Å². The van der Waals surface area contributed by atoms with Gasteiger partial charge in [0.1, 0.15) is 0 Å². The summed E-state index contributed by atoms with van der Waals surface area (Å²) in [7, 11) is 0. The molecule has 3 aromatic rings. The van der Waals surface area contributed by atoms with Gasteiger partial charge in [-0.3, -0.25) is 25.2 Å². The van der Waals surface area contributed by atoms with Gasteiger partial charge in [-0.2, -0.15) is 18.3 Å². The van der Waals surface area contributed by atoms with Crippen LogP contribution < -0.4 is 16.4 Å². The van der Waals surface area contributed by atoms with E-state index in [4.69, 9.17) is 0 Å². The fourth-order valence-electron chi connectivity index (χ4n) is 3.90. The Labute approximate surface area is 186 Å². The van der Waals surface area contributed by atoms with Crippen LogP contribution >= 0.6 is 0 Å². The second-order valence-electron chi connectivity index (χ2n) is 8.21. The summed E-state index contributed by atoms with van der Waals surface area (Å²) in [5.41, 5.74) is 3.47. The molecule has 2 N–H and O–H groups in total. The van der Waals surface area contributed by atoms with Crippen molar-refractivity contribution < 1.29 is 22.8 Å². The molecule has 4 rings (SSSR count). The number of amides is 2. The highest BCUT2D eigenvalue weighted by Crippen LogP contribution is 2.50. The van der Waals surface area contributed by atoms with Gasteiger partial charge < -0.3 is 0 Å². The van der Waals surface area contributed by atoms with Crippen molar-refractivity contribution in [2.24, 2.45) is 5.92 Å². The molecule has 1 aliphatic carbocycles. The molecule has 1 aliphatic rings. The van der Waals surface area contributed by atoms with Crippen LogP contribution in [0.5, 0.6) is 0 Å². The van der Waals surface area contributed by atoms with Crippen molar-refractivity contribution in [3.05, 3.63) is 75.7 Å². The van der Waals surface area contributed by atoms with E-state index < -0.39 is 35.4 Å². The number of nitrogens with zero attached hydrogens (tertiary/aromatic N) is 2. The molecule has 0 bridgehead atoms. The third-order valence-corrected chi connectivity index (χ3v) is 5.62. The maximum Gasteiger partial charge on any atom is 0.416 e. The molecule has 172 valence electrons. The summed E-state index contributed by atoms with van der Waals surface area (Å²) in [5.74, 6) is -2.60. The Morgan fingerprint density at radius 1 is 1.03 bits per heavy atom. The first-order valence-corrected chi connectivity index (χ1v) is 10.4. The van der Waals surface area contributed by atoms with E-state index in [9.17, 15) is 27.6 Å². The highest BCUT2D eigenvalue weighted by Gasteiger charge is 2.48. The van der Waals surface area contributed by atoms with Crippen LogP contribution in [0.4, 0.5) is 13.2 Å². The lowest BCUT2D eigenvalue weighted by Gasteiger charge is -2.14. The standard InChI is InChI=1S/C23H21F3N4O3/c1-12(2)30-22(33)15-9-4-3-8-14(15)19(29-30)21(32)28-27-20(31)17-11-16(17)13-7-5-6-10-18(13)23(24,25)26/h3-10,12,16-17H,11H2,1-2H3,(H,27,31)(H,28,32). The van der Waals surface area contributed by atoms with Crippen molar-refractivity contribution in [3.63, 3.8) is 0 Å². The number of hydrazine groups is 1. The summed E-state index contributed by atoms with van der Waals surface area (Å²) in [6.45, 7) is 3.50. The number of hydrogen-bond donors (Lipinski definition) is 2. The predicted molar refractivity (Wildman–Crippen MR) is 114 cm³/mol. The van der Waals surface area contributed by atoms with E-state index in [1.807, 2.05) is 0 Å². The largest absolute Gasteiger partial charge is 0.416 e. The average molecular weight is 458 g/mol. The number of hydrogen-bond acceptors (Lipinski definition) is 4. The van der Waals surface area contributed by atoms with Crippen molar-refractivity contribution in [2.45, 2.75) is 38.4 Å². The summed E-state index contributed by atoms with van der Waals surface area (Å²) in [4.78, 5) is 37.9. The third-order valence-electron chi connectivity index (χ3n) is 5.62. The summed E-state index contributed by atoms with van der Waals surface area (Å²) < 4.78 is 41.0. The van der Waals surface area contributed by atoms with Crippen LogP contribution in [0.2, 0.25) is 0 Å². The molecule has 1 fully saturated rings. The smallest absolute Gasteiger partial charge is 0.273 e. The first-order valence-electron chi connectivity index (χ1n) is 10.4. The van der Waals surface area contributed by atoms with E-state index in [0.29, 0.717) is 10.8 Å². The van der Waals surface area contributed by atoms with E-state index in [1.54, 1.807) is 38.1 Å². The van der Waals surface area contributed by atoms with Gasteiger partial charge in [0.15, 0.2) is 5.69 Å². The molecular formula is C23H21F3N4O3. The molecule has 10 heteroatoms. The fraction of sp³-hybridized carbons (Fsp3) is 0.304. The Hall–Kier alpha value is -3.69. The van der Waals surface area contributed by atoms with Crippen LogP contribution in [0, 0.1) is 5.92 Å². The topological polar surface area (TPSA) is 93.1 Å². The van der Waals surface area contributed by atoms with Gasteiger partial charge in [0.05, 0.1) is 17.0 Å². The second-order valence-corrected chi connectivity index (χ2v) is 8.21. The van der Waals surface area contributed by atoms with Crippen molar-refractivity contribution >= 4 is 22.6 Å². The van der Waals surface area contributed by atoms with Crippen LogP contribution in [0.15, 0.2) is 53.3 Å². The lowest BCUT2D eigenvalue weighted by atomic mass is 10.0. The summed E-state index contributed by atoms with van der Waals surface area (Å²) >= 11 is 0. The van der Waals surface area contributed by atoms with Gasteiger partial charge in [-0.1, -0.05) is 36.4 Å². The summed E-state index contributed by atoms with van der Waals surface area (Å²) in [6, 6.07) is 11.4. The Morgan fingerprint density at radius 3 is 2.33 bits per heavy atom. The van der Waals surface area contributed by atoms with Gasteiger partial charge in [0, 0.05) is 11.3 Å². The molecule has 0 saturated heterocycles. The molecule has 2 amide bonds. The van der Waals surface area contributed by atoms with Crippen molar-refractivity contribution in [3.8, 4) is 0 Å². The monoisotopic (exact) mass is 458 g/mol. The van der Waals surface area contributed by atoms with Crippen LogP contribution in [0.3, 0.4) is 0 Å². The quantitative estimate of drug-likeness (QED) is 0.585. The van der Waals surface area contributed by atoms with Gasteiger partial charge in [0.25, 0.3) is 11.5 Å². The zero-order valence-electron chi connectivity index (χ0n) is 17.8. The maximum atomic E-state index is 13.3. The highest BCUT2D eigenvalue weighted by molar-refractivity contribution is 6.05. The normalized spacial score (nSPS) is 17.8. The van der Waals surface area contributed by atoms with Crippen molar-refractivity contribution in [1.29, 1.82) is 0 Å². The number of aromatic nitrogens is 2. The van der Waals surface area contributed by atoms with Crippen LogP contribution in [0.1, 0.15) is 53.8 Å². The minimum absolute atomic E-state index is 0.0473. The molecule has 0 radical (unpaired) electrons. The van der Waals surface area contributed by atoms with Gasteiger partial charge in [-0.05, 0) is 43.9 Å². The van der Waals surface area contributed by atoms with Crippen molar-refractivity contribution in [1.82, 2.24) is 20.6 Å². The number of nitrogens with one attached hydrogen (secondary N) is 2. The summed E-state index contributed by atoms with van der Waals surface area (Å²) in [5, 5.41) is 4.79. The van der Waals surface area contributed by atoms with Gasteiger partial charge in [-0.25, -0.2) is 4.68 Å². The van der Waals surface area contributed by atoms with Crippen LogP contribution in [-0.4, -0.2) is 21.6 Å². The molecule has 1 aromatic heterocycles. The average Bonchev–Trinajstić information content (AvgIpc) is 3.58.